The molecule has 0 radical (unpaired) electrons. The Morgan fingerprint density at radius 1 is 1.40 bits per heavy atom. The van der Waals surface area contributed by atoms with Crippen molar-refractivity contribution in [3.63, 3.8) is 0 Å². The maximum absolute atomic E-state index is 11.7. The number of carboxylic acids is 1. The number of aryl methyl sites for hydroxylation is 1. The Morgan fingerprint density at radius 3 is 2.55 bits per heavy atom. The highest BCUT2D eigenvalue weighted by molar-refractivity contribution is 5.95. The number of aromatic carboxylic acids is 1. The third kappa shape index (κ3) is 2.66. The van der Waals surface area contributed by atoms with Crippen molar-refractivity contribution in [2.45, 2.75) is 45.6 Å². The average molecular weight is 275 g/mol. The number of carbonyl (C=O) groups is 1. The fourth-order valence-electron chi connectivity index (χ4n) is 2.52. The molecule has 20 heavy (non-hydrogen) atoms. The van der Waals surface area contributed by atoms with Crippen LogP contribution in [0.4, 0.5) is 5.82 Å². The van der Waals surface area contributed by atoms with Gasteiger partial charge in [-0.2, -0.15) is 5.10 Å². The molecule has 0 aliphatic heterocycles. The number of carboxylic acid groups (broad SMARTS) is 1. The Balaban J connectivity index is 2.56. The zero-order valence-corrected chi connectivity index (χ0v) is 12.1. The molecular weight excluding hydrogens is 254 g/mol. The number of aromatic nitrogens is 2. The molecule has 5 heteroatoms. The molecule has 1 N–H and O–H groups in total. The van der Waals surface area contributed by atoms with Gasteiger partial charge < -0.3 is 10.0 Å². The second-order valence-electron chi connectivity index (χ2n) is 5.01. The van der Waals surface area contributed by atoms with E-state index >= 15 is 0 Å². The first-order valence-electron chi connectivity index (χ1n) is 7.13. The first-order chi connectivity index (χ1) is 9.63. The molecule has 1 aromatic rings. The SMILES string of the molecule is C=CCN(c1nnc(CC)c(CC)c1C(=O)O)C1CC1. The summed E-state index contributed by atoms with van der Waals surface area (Å²) in [6.07, 6.45) is 5.28. The molecule has 0 saturated heterocycles. The van der Waals surface area contributed by atoms with Crippen LogP contribution >= 0.6 is 0 Å². The summed E-state index contributed by atoms with van der Waals surface area (Å²) in [5.74, 6) is -0.426. The molecule has 108 valence electrons. The Labute approximate surface area is 119 Å². The zero-order chi connectivity index (χ0) is 14.7. The summed E-state index contributed by atoms with van der Waals surface area (Å²) in [5.41, 5.74) is 1.90. The number of anilines is 1. The van der Waals surface area contributed by atoms with Gasteiger partial charge >= 0.3 is 5.97 Å². The summed E-state index contributed by atoms with van der Waals surface area (Å²) < 4.78 is 0. The van der Waals surface area contributed by atoms with Crippen LogP contribution in [-0.2, 0) is 12.8 Å². The largest absolute Gasteiger partial charge is 0.478 e. The molecular formula is C15H21N3O2. The van der Waals surface area contributed by atoms with E-state index in [2.05, 4.69) is 16.8 Å². The van der Waals surface area contributed by atoms with Crippen LogP contribution in [0.3, 0.4) is 0 Å². The number of hydrogen-bond donors (Lipinski definition) is 1. The third-order valence-electron chi connectivity index (χ3n) is 3.63. The molecule has 0 amide bonds. The van der Waals surface area contributed by atoms with Crippen molar-refractivity contribution in [3.05, 3.63) is 29.5 Å². The molecule has 0 unspecified atom stereocenters. The summed E-state index contributed by atoms with van der Waals surface area (Å²) >= 11 is 0. The minimum absolute atomic E-state index is 0.313. The van der Waals surface area contributed by atoms with Crippen molar-refractivity contribution in [2.75, 3.05) is 11.4 Å². The lowest BCUT2D eigenvalue weighted by Crippen LogP contribution is -2.30. The summed E-state index contributed by atoms with van der Waals surface area (Å²) in [7, 11) is 0. The lowest BCUT2D eigenvalue weighted by atomic mass is 10.0. The Kier molecular flexibility index (Phi) is 4.37. The first kappa shape index (κ1) is 14.5. The Bertz CT molecular complexity index is 524. The standard InChI is InChI=1S/C15H21N3O2/c1-4-9-18(10-7-8-10)14-13(15(19)20)11(5-2)12(6-3)16-17-14/h4,10H,1,5-9H2,2-3H3,(H,19,20). The van der Waals surface area contributed by atoms with Crippen molar-refractivity contribution in [3.8, 4) is 0 Å². The maximum Gasteiger partial charge on any atom is 0.339 e. The van der Waals surface area contributed by atoms with E-state index < -0.39 is 5.97 Å². The Morgan fingerprint density at radius 2 is 2.10 bits per heavy atom. The second-order valence-corrected chi connectivity index (χ2v) is 5.01. The lowest BCUT2D eigenvalue weighted by Gasteiger charge is -2.24. The average Bonchev–Trinajstić information content (AvgIpc) is 3.27. The minimum atomic E-state index is -0.920. The van der Waals surface area contributed by atoms with E-state index in [0.29, 0.717) is 36.8 Å². The van der Waals surface area contributed by atoms with Crippen LogP contribution in [0, 0.1) is 0 Å². The number of nitrogens with zero attached hydrogens (tertiary/aromatic N) is 3. The highest BCUT2D eigenvalue weighted by Crippen LogP contribution is 2.33. The van der Waals surface area contributed by atoms with Crippen molar-refractivity contribution >= 4 is 11.8 Å². The van der Waals surface area contributed by atoms with Gasteiger partial charge in [0.25, 0.3) is 0 Å². The van der Waals surface area contributed by atoms with Gasteiger partial charge in [0.05, 0.1) is 5.69 Å². The van der Waals surface area contributed by atoms with Gasteiger partial charge in [0.2, 0.25) is 0 Å². The molecule has 0 atom stereocenters. The Hall–Kier alpha value is -1.91. The molecule has 2 rings (SSSR count). The minimum Gasteiger partial charge on any atom is -0.478 e. The molecule has 0 aromatic carbocycles. The van der Waals surface area contributed by atoms with Crippen LogP contribution < -0.4 is 4.90 Å². The molecule has 1 aliphatic carbocycles. The van der Waals surface area contributed by atoms with E-state index in [4.69, 9.17) is 0 Å². The van der Waals surface area contributed by atoms with Gasteiger partial charge in [-0.05, 0) is 31.2 Å². The van der Waals surface area contributed by atoms with Crippen molar-refractivity contribution in [2.24, 2.45) is 0 Å². The van der Waals surface area contributed by atoms with E-state index in [-0.39, 0.29) is 0 Å². The molecule has 1 fully saturated rings. The highest BCUT2D eigenvalue weighted by atomic mass is 16.4. The third-order valence-corrected chi connectivity index (χ3v) is 3.63. The van der Waals surface area contributed by atoms with Crippen molar-refractivity contribution in [1.82, 2.24) is 10.2 Å². The lowest BCUT2D eigenvalue weighted by molar-refractivity contribution is 0.0695. The number of hydrogen-bond acceptors (Lipinski definition) is 4. The van der Waals surface area contributed by atoms with Gasteiger partial charge in [0, 0.05) is 12.6 Å². The summed E-state index contributed by atoms with van der Waals surface area (Å²) in [6, 6.07) is 0.373. The molecule has 0 bridgehead atoms. The maximum atomic E-state index is 11.7. The van der Waals surface area contributed by atoms with Crippen LogP contribution in [0.15, 0.2) is 12.7 Å². The van der Waals surface area contributed by atoms with Gasteiger partial charge in [-0.3, -0.25) is 0 Å². The second kappa shape index (κ2) is 6.03. The fraction of sp³-hybridized carbons (Fsp3) is 0.533. The van der Waals surface area contributed by atoms with Crippen LogP contribution in [0.1, 0.15) is 48.3 Å². The van der Waals surface area contributed by atoms with Gasteiger partial charge in [-0.15, -0.1) is 11.7 Å². The van der Waals surface area contributed by atoms with Crippen LogP contribution in [-0.4, -0.2) is 33.9 Å². The number of rotatable bonds is 7. The zero-order valence-electron chi connectivity index (χ0n) is 12.1. The predicted molar refractivity (Wildman–Crippen MR) is 78.3 cm³/mol. The van der Waals surface area contributed by atoms with E-state index in [1.165, 1.54) is 0 Å². The van der Waals surface area contributed by atoms with Crippen LogP contribution in [0.5, 0.6) is 0 Å². The topological polar surface area (TPSA) is 66.3 Å². The van der Waals surface area contributed by atoms with Gasteiger partial charge in [0.1, 0.15) is 5.56 Å². The monoisotopic (exact) mass is 275 g/mol. The van der Waals surface area contributed by atoms with E-state index in [1.807, 2.05) is 18.7 Å². The predicted octanol–water partition coefficient (Wildman–Crippen LogP) is 2.45. The quantitative estimate of drug-likeness (QED) is 0.774. The van der Waals surface area contributed by atoms with Crippen molar-refractivity contribution < 1.29 is 9.90 Å². The normalized spacial score (nSPS) is 14.1. The van der Waals surface area contributed by atoms with E-state index in [1.54, 1.807) is 6.08 Å². The molecule has 1 aromatic heterocycles. The summed E-state index contributed by atoms with van der Waals surface area (Å²) in [4.78, 5) is 13.7. The smallest absolute Gasteiger partial charge is 0.339 e. The molecule has 5 nitrogen and oxygen atoms in total. The fourth-order valence-corrected chi connectivity index (χ4v) is 2.52. The molecule has 1 heterocycles. The van der Waals surface area contributed by atoms with E-state index in [9.17, 15) is 9.90 Å². The summed E-state index contributed by atoms with van der Waals surface area (Å²) in [6.45, 7) is 8.28. The van der Waals surface area contributed by atoms with Crippen LogP contribution in [0.2, 0.25) is 0 Å². The van der Waals surface area contributed by atoms with Gasteiger partial charge in [0.15, 0.2) is 5.82 Å². The first-order valence-corrected chi connectivity index (χ1v) is 7.13. The van der Waals surface area contributed by atoms with Gasteiger partial charge in [-0.25, -0.2) is 4.79 Å². The van der Waals surface area contributed by atoms with Crippen molar-refractivity contribution in [1.29, 1.82) is 0 Å². The van der Waals surface area contributed by atoms with Crippen LogP contribution in [0.25, 0.3) is 0 Å². The van der Waals surface area contributed by atoms with E-state index in [0.717, 1.165) is 24.1 Å². The summed E-state index contributed by atoms with van der Waals surface area (Å²) in [5, 5.41) is 18.0. The highest BCUT2D eigenvalue weighted by Gasteiger charge is 2.33. The molecule has 1 saturated carbocycles. The molecule has 1 aliphatic rings. The molecule has 0 spiro atoms. The van der Waals surface area contributed by atoms with Gasteiger partial charge in [-0.1, -0.05) is 19.9 Å².